The fraction of sp³-hybridized carbons (Fsp3) is 1.00. The molecule has 0 aromatic rings. The second-order valence-corrected chi connectivity index (χ2v) is 4.60. The minimum Gasteiger partial charge on any atom is -0.385 e. The zero-order valence-corrected chi connectivity index (χ0v) is 10.6. The third kappa shape index (κ3) is 5.80. The monoisotopic (exact) mass is 231 g/mol. The lowest BCUT2D eigenvalue weighted by atomic mass is 9.95. The number of methoxy groups -OCH3 is 1. The molecule has 1 rings (SSSR count). The number of rotatable bonds is 8. The first kappa shape index (κ1) is 13.9. The van der Waals surface area contributed by atoms with Crippen LogP contribution in [0.15, 0.2) is 0 Å². The summed E-state index contributed by atoms with van der Waals surface area (Å²) in [6.45, 7) is 7.16. The molecule has 1 N–H and O–H groups in total. The van der Waals surface area contributed by atoms with E-state index in [9.17, 15) is 0 Å². The highest BCUT2D eigenvalue weighted by atomic mass is 16.5. The molecule has 1 heterocycles. The van der Waals surface area contributed by atoms with E-state index in [1.165, 1.54) is 6.42 Å². The minimum absolute atomic E-state index is 0.147. The summed E-state index contributed by atoms with van der Waals surface area (Å²) in [7, 11) is 1.71. The Bertz CT molecular complexity index is 170. The second-order valence-electron chi connectivity index (χ2n) is 4.60. The van der Waals surface area contributed by atoms with Crippen LogP contribution >= 0.6 is 0 Å². The van der Waals surface area contributed by atoms with Gasteiger partial charge in [-0.05, 0) is 26.2 Å². The molecule has 16 heavy (non-hydrogen) atoms. The van der Waals surface area contributed by atoms with Crippen molar-refractivity contribution in [3.63, 3.8) is 0 Å². The molecule has 0 radical (unpaired) electrons. The third-order valence-electron chi connectivity index (χ3n) is 2.87. The summed E-state index contributed by atoms with van der Waals surface area (Å²) in [5.41, 5.74) is 0.147. The lowest BCUT2D eigenvalue weighted by Crippen LogP contribution is -2.50. The Morgan fingerprint density at radius 3 is 2.88 bits per heavy atom. The molecule has 1 atom stereocenters. The molecule has 0 aromatic heterocycles. The zero-order chi connectivity index (χ0) is 11.7. The maximum Gasteiger partial charge on any atom is 0.0645 e. The third-order valence-corrected chi connectivity index (χ3v) is 2.87. The van der Waals surface area contributed by atoms with Crippen LogP contribution < -0.4 is 5.32 Å². The van der Waals surface area contributed by atoms with Gasteiger partial charge in [-0.3, -0.25) is 0 Å². The van der Waals surface area contributed by atoms with E-state index < -0.39 is 0 Å². The van der Waals surface area contributed by atoms with E-state index in [1.54, 1.807) is 7.11 Å². The van der Waals surface area contributed by atoms with Crippen molar-refractivity contribution in [2.45, 2.75) is 31.7 Å². The first-order valence-electron chi connectivity index (χ1n) is 6.16. The molecule has 0 bridgehead atoms. The highest BCUT2D eigenvalue weighted by Crippen LogP contribution is 2.17. The van der Waals surface area contributed by atoms with Crippen molar-refractivity contribution in [2.24, 2.45) is 0 Å². The Hall–Kier alpha value is -0.160. The molecule has 0 spiro atoms. The van der Waals surface area contributed by atoms with Gasteiger partial charge in [0.15, 0.2) is 0 Å². The van der Waals surface area contributed by atoms with Gasteiger partial charge in [0.2, 0.25) is 0 Å². The highest BCUT2D eigenvalue weighted by Gasteiger charge is 2.26. The smallest absolute Gasteiger partial charge is 0.0645 e. The molecule has 1 unspecified atom stereocenters. The van der Waals surface area contributed by atoms with Gasteiger partial charge in [0.1, 0.15) is 0 Å². The van der Waals surface area contributed by atoms with Crippen LogP contribution in [0.5, 0.6) is 0 Å². The summed E-state index contributed by atoms with van der Waals surface area (Å²) in [6, 6.07) is 0. The molecular weight excluding hydrogens is 206 g/mol. The van der Waals surface area contributed by atoms with Crippen molar-refractivity contribution in [1.82, 2.24) is 5.32 Å². The predicted octanol–water partition coefficient (Wildman–Crippen LogP) is 1.20. The van der Waals surface area contributed by atoms with Crippen LogP contribution in [0, 0.1) is 0 Å². The lowest BCUT2D eigenvalue weighted by Gasteiger charge is -2.34. The van der Waals surface area contributed by atoms with Crippen LogP contribution in [0.2, 0.25) is 0 Å². The minimum atomic E-state index is 0.147. The molecule has 0 aromatic carbocycles. The summed E-state index contributed by atoms with van der Waals surface area (Å²) < 4.78 is 15.9. The van der Waals surface area contributed by atoms with Crippen LogP contribution in [0.3, 0.4) is 0 Å². The normalized spacial score (nSPS) is 25.9. The van der Waals surface area contributed by atoms with Gasteiger partial charge in [-0.15, -0.1) is 0 Å². The fourth-order valence-corrected chi connectivity index (χ4v) is 1.91. The molecule has 4 nitrogen and oxygen atoms in total. The quantitative estimate of drug-likeness (QED) is 0.637. The summed E-state index contributed by atoms with van der Waals surface area (Å²) in [4.78, 5) is 0. The fourth-order valence-electron chi connectivity index (χ4n) is 1.91. The summed E-state index contributed by atoms with van der Waals surface area (Å²) in [5, 5.41) is 3.51. The van der Waals surface area contributed by atoms with Gasteiger partial charge in [0, 0.05) is 39.0 Å². The standard InChI is InChI=1S/C12H25NO3/c1-12(5-3-8-16-11-12)13-6-10-15-9-4-7-14-2/h13H,3-11H2,1-2H3. The maximum absolute atomic E-state index is 5.49. The lowest BCUT2D eigenvalue weighted by molar-refractivity contribution is 0.0232. The van der Waals surface area contributed by atoms with Crippen molar-refractivity contribution in [3.05, 3.63) is 0 Å². The van der Waals surface area contributed by atoms with E-state index in [0.717, 1.165) is 52.4 Å². The number of hydrogen-bond acceptors (Lipinski definition) is 4. The van der Waals surface area contributed by atoms with Crippen molar-refractivity contribution < 1.29 is 14.2 Å². The van der Waals surface area contributed by atoms with Gasteiger partial charge in [-0.25, -0.2) is 0 Å². The van der Waals surface area contributed by atoms with Crippen LogP contribution in [0.4, 0.5) is 0 Å². The Morgan fingerprint density at radius 1 is 1.31 bits per heavy atom. The van der Waals surface area contributed by atoms with Gasteiger partial charge in [-0.2, -0.15) is 0 Å². The topological polar surface area (TPSA) is 39.7 Å². The van der Waals surface area contributed by atoms with Crippen LogP contribution in [-0.4, -0.2) is 52.2 Å². The SMILES string of the molecule is COCCCOCCNC1(C)CCCOC1. The molecule has 1 fully saturated rings. The predicted molar refractivity (Wildman–Crippen MR) is 63.8 cm³/mol. The van der Waals surface area contributed by atoms with Gasteiger partial charge in [-0.1, -0.05) is 0 Å². The first-order valence-corrected chi connectivity index (χ1v) is 6.16. The summed E-state index contributed by atoms with van der Waals surface area (Å²) >= 11 is 0. The number of ether oxygens (including phenoxy) is 3. The summed E-state index contributed by atoms with van der Waals surface area (Å²) in [5.74, 6) is 0. The van der Waals surface area contributed by atoms with E-state index in [4.69, 9.17) is 14.2 Å². The highest BCUT2D eigenvalue weighted by molar-refractivity contribution is 4.84. The van der Waals surface area contributed by atoms with E-state index in [0.29, 0.717) is 0 Å². The van der Waals surface area contributed by atoms with Crippen LogP contribution in [0.1, 0.15) is 26.2 Å². The van der Waals surface area contributed by atoms with Gasteiger partial charge < -0.3 is 19.5 Å². The molecule has 4 heteroatoms. The Balaban J connectivity index is 1.93. The molecule has 1 aliphatic heterocycles. The van der Waals surface area contributed by atoms with Crippen LogP contribution in [0.25, 0.3) is 0 Å². The largest absolute Gasteiger partial charge is 0.385 e. The van der Waals surface area contributed by atoms with E-state index in [1.807, 2.05) is 0 Å². The molecule has 0 amide bonds. The average Bonchev–Trinajstić information content (AvgIpc) is 2.29. The van der Waals surface area contributed by atoms with Crippen molar-refractivity contribution in [1.29, 1.82) is 0 Å². The Morgan fingerprint density at radius 2 is 2.19 bits per heavy atom. The van der Waals surface area contributed by atoms with Crippen molar-refractivity contribution in [3.8, 4) is 0 Å². The molecular formula is C12H25NO3. The van der Waals surface area contributed by atoms with E-state index in [2.05, 4.69) is 12.2 Å². The van der Waals surface area contributed by atoms with Gasteiger partial charge in [0.25, 0.3) is 0 Å². The van der Waals surface area contributed by atoms with Crippen molar-refractivity contribution in [2.75, 3.05) is 46.7 Å². The zero-order valence-electron chi connectivity index (χ0n) is 10.6. The van der Waals surface area contributed by atoms with Gasteiger partial charge in [0.05, 0.1) is 13.2 Å². The molecule has 96 valence electrons. The molecule has 0 saturated carbocycles. The van der Waals surface area contributed by atoms with Gasteiger partial charge >= 0.3 is 0 Å². The number of hydrogen-bond donors (Lipinski definition) is 1. The van der Waals surface area contributed by atoms with Crippen LogP contribution in [-0.2, 0) is 14.2 Å². The van der Waals surface area contributed by atoms with E-state index in [-0.39, 0.29) is 5.54 Å². The Kier molecular flexibility index (Phi) is 6.96. The maximum atomic E-state index is 5.49. The van der Waals surface area contributed by atoms with E-state index >= 15 is 0 Å². The number of nitrogens with one attached hydrogen (secondary N) is 1. The molecule has 0 aliphatic carbocycles. The average molecular weight is 231 g/mol. The Labute approximate surface area is 98.6 Å². The first-order chi connectivity index (χ1) is 7.77. The molecule has 1 saturated heterocycles. The summed E-state index contributed by atoms with van der Waals surface area (Å²) in [6.07, 6.45) is 3.31. The second kappa shape index (κ2) is 8.01. The molecule has 1 aliphatic rings. The van der Waals surface area contributed by atoms with Crippen molar-refractivity contribution >= 4 is 0 Å².